The van der Waals surface area contributed by atoms with Crippen LogP contribution in [0.5, 0.6) is 0 Å². The van der Waals surface area contributed by atoms with E-state index in [1.807, 2.05) is 19.9 Å². The molecule has 0 aliphatic rings. The number of halogens is 1. The summed E-state index contributed by atoms with van der Waals surface area (Å²) in [5.74, 6) is -0.441. The number of nitrogens with zero attached hydrogens (tertiary/aromatic N) is 5. The number of benzene rings is 1. The van der Waals surface area contributed by atoms with Crippen molar-refractivity contribution in [1.82, 2.24) is 19.9 Å². The first kappa shape index (κ1) is 19.6. The zero-order valence-electron chi connectivity index (χ0n) is 17.1. The summed E-state index contributed by atoms with van der Waals surface area (Å²) < 4.78 is 14.9. The average Bonchev–Trinajstić information content (AvgIpc) is 2.72. The molecule has 0 aliphatic heterocycles. The van der Waals surface area contributed by atoms with Gasteiger partial charge in [-0.1, -0.05) is 0 Å². The number of rotatable bonds is 3. The van der Waals surface area contributed by atoms with Crippen molar-refractivity contribution in [2.45, 2.75) is 20.8 Å². The number of fused-ring (bicyclic) bond motifs is 1. The summed E-state index contributed by atoms with van der Waals surface area (Å²) in [5, 5.41) is 0. The lowest BCUT2D eigenvalue weighted by Gasteiger charge is -2.18. The first-order valence-electron chi connectivity index (χ1n) is 9.45. The third-order valence-electron chi connectivity index (χ3n) is 4.88. The molecule has 0 saturated carbocycles. The number of aromatic nitrogens is 4. The molecule has 0 fully saturated rings. The molecule has 0 atom stereocenters. The van der Waals surface area contributed by atoms with Gasteiger partial charge in [0.1, 0.15) is 11.3 Å². The molecule has 4 rings (SSSR count). The summed E-state index contributed by atoms with van der Waals surface area (Å²) in [4.78, 5) is 31.4. The summed E-state index contributed by atoms with van der Waals surface area (Å²) in [6.07, 6.45) is 3.20. The predicted molar refractivity (Wildman–Crippen MR) is 114 cm³/mol. The molecule has 0 aliphatic carbocycles. The van der Waals surface area contributed by atoms with Crippen molar-refractivity contribution in [2.75, 3.05) is 11.9 Å². The number of carbonyl (C=O) groups is 1. The highest BCUT2D eigenvalue weighted by atomic mass is 19.1. The number of aryl methyl sites for hydroxylation is 3. The van der Waals surface area contributed by atoms with Crippen LogP contribution in [0.25, 0.3) is 22.4 Å². The normalized spacial score (nSPS) is 11.0. The number of hydrogen-bond acceptors (Lipinski definition) is 5. The van der Waals surface area contributed by atoms with Crippen LogP contribution in [0.1, 0.15) is 27.3 Å². The molecule has 3 heterocycles. The van der Waals surface area contributed by atoms with Crippen molar-refractivity contribution in [1.29, 1.82) is 0 Å². The van der Waals surface area contributed by atoms with Gasteiger partial charge in [0.05, 0.1) is 17.4 Å². The molecule has 3 aromatic heterocycles. The van der Waals surface area contributed by atoms with Crippen molar-refractivity contribution in [3.8, 4) is 11.4 Å². The van der Waals surface area contributed by atoms with E-state index in [1.54, 1.807) is 50.6 Å². The summed E-state index contributed by atoms with van der Waals surface area (Å²) in [6, 6.07) is 9.84. The van der Waals surface area contributed by atoms with Crippen LogP contribution in [0.15, 0.2) is 48.8 Å². The van der Waals surface area contributed by atoms with Crippen LogP contribution in [-0.2, 0) is 0 Å². The lowest BCUT2D eigenvalue weighted by atomic mass is 10.1. The Labute approximate surface area is 173 Å². The monoisotopic (exact) mass is 401 g/mol. The minimum atomic E-state index is -0.531. The molecule has 0 N–H and O–H groups in total. The lowest BCUT2D eigenvalue weighted by molar-refractivity contribution is 0.0992. The van der Waals surface area contributed by atoms with Crippen LogP contribution in [-0.4, -0.2) is 32.9 Å². The molecule has 30 heavy (non-hydrogen) atoms. The number of anilines is 1. The second kappa shape index (κ2) is 7.59. The van der Waals surface area contributed by atoms with Gasteiger partial charge in [-0.2, -0.15) is 0 Å². The quantitative estimate of drug-likeness (QED) is 0.508. The minimum absolute atomic E-state index is 0.174. The smallest absolute Gasteiger partial charge is 0.258 e. The van der Waals surface area contributed by atoms with E-state index in [-0.39, 0.29) is 11.6 Å². The maximum atomic E-state index is 14.9. The molecule has 0 bridgehead atoms. The second-order valence-corrected chi connectivity index (χ2v) is 7.22. The molecule has 0 saturated heterocycles. The van der Waals surface area contributed by atoms with Crippen LogP contribution < -0.4 is 4.90 Å². The topological polar surface area (TPSA) is 71.9 Å². The Morgan fingerprint density at radius 2 is 1.77 bits per heavy atom. The fraction of sp³-hybridized carbons (Fsp3) is 0.174. The van der Waals surface area contributed by atoms with E-state index in [0.29, 0.717) is 22.5 Å². The molecular formula is C23H20FN5O. The van der Waals surface area contributed by atoms with Crippen molar-refractivity contribution in [2.24, 2.45) is 0 Å². The number of pyridine rings is 2. The third-order valence-corrected chi connectivity index (χ3v) is 4.88. The second-order valence-electron chi connectivity index (χ2n) is 7.22. The standard InChI is InChI=1S/C23H20FN5O/c1-13-9-15(3)27-19-12-26-22(28-21(13)19)16-5-6-20(18(24)11-16)29(4)23(30)17-7-8-25-14(2)10-17/h5-12H,1-4H3. The number of carbonyl (C=O) groups excluding carboxylic acids is 1. The average molecular weight is 401 g/mol. The summed E-state index contributed by atoms with van der Waals surface area (Å²) in [6.45, 7) is 5.67. The highest BCUT2D eigenvalue weighted by molar-refractivity contribution is 6.05. The van der Waals surface area contributed by atoms with E-state index in [1.165, 1.54) is 11.0 Å². The highest BCUT2D eigenvalue weighted by Crippen LogP contribution is 2.26. The van der Waals surface area contributed by atoms with E-state index < -0.39 is 5.82 Å². The van der Waals surface area contributed by atoms with Crippen molar-refractivity contribution >= 4 is 22.6 Å². The van der Waals surface area contributed by atoms with E-state index in [4.69, 9.17) is 0 Å². The van der Waals surface area contributed by atoms with E-state index in [0.717, 1.165) is 22.5 Å². The minimum Gasteiger partial charge on any atom is -0.309 e. The molecule has 0 unspecified atom stereocenters. The largest absolute Gasteiger partial charge is 0.309 e. The van der Waals surface area contributed by atoms with Gasteiger partial charge in [-0.25, -0.2) is 19.3 Å². The molecule has 1 amide bonds. The number of amides is 1. The molecule has 1 aromatic carbocycles. The Balaban J connectivity index is 1.68. The van der Waals surface area contributed by atoms with E-state index in [9.17, 15) is 9.18 Å². The predicted octanol–water partition coefficient (Wildman–Crippen LogP) is 4.43. The van der Waals surface area contributed by atoms with Crippen molar-refractivity contribution < 1.29 is 9.18 Å². The Kier molecular flexibility index (Phi) is 4.95. The van der Waals surface area contributed by atoms with Gasteiger partial charge in [0, 0.05) is 35.8 Å². The van der Waals surface area contributed by atoms with Crippen LogP contribution in [0.4, 0.5) is 10.1 Å². The van der Waals surface area contributed by atoms with Gasteiger partial charge in [0.2, 0.25) is 0 Å². The van der Waals surface area contributed by atoms with Crippen molar-refractivity contribution in [3.05, 3.63) is 77.1 Å². The molecular weight excluding hydrogens is 381 g/mol. The molecule has 150 valence electrons. The van der Waals surface area contributed by atoms with Gasteiger partial charge < -0.3 is 4.90 Å². The van der Waals surface area contributed by atoms with Gasteiger partial charge in [-0.15, -0.1) is 0 Å². The fourth-order valence-electron chi connectivity index (χ4n) is 3.39. The third kappa shape index (κ3) is 3.61. The maximum absolute atomic E-state index is 14.9. The summed E-state index contributed by atoms with van der Waals surface area (Å²) >= 11 is 0. The van der Waals surface area contributed by atoms with Gasteiger partial charge >= 0.3 is 0 Å². The van der Waals surface area contributed by atoms with Gasteiger partial charge in [-0.05, 0) is 62.7 Å². The Morgan fingerprint density at radius 3 is 2.50 bits per heavy atom. The Morgan fingerprint density at radius 1 is 0.967 bits per heavy atom. The van der Waals surface area contributed by atoms with Gasteiger partial charge in [-0.3, -0.25) is 9.78 Å². The van der Waals surface area contributed by atoms with E-state index >= 15 is 0 Å². The van der Waals surface area contributed by atoms with Crippen LogP contribution in [0.2, 0.25) is 0 Å². The maximum Gasteiger partial charge on any atom is 0.258 e. The zero-order valence-corrected chi connectivity index (χ0v) is 17.1. The van der Waals surface area contributed by atoms with Gasteiger partial charge in [0.15, 0.2) is 5.82 Å². The lowest BCUT2D eigenvalue weighted by Crippen LogP contribution is -2.27. The first-order valence-corrected chi connectivity index (χ1v) is 9.45. The summed E-state index contributed by atoms with van der Waals surface area (Å²) in [7, 11) is 1.54. The van der Waals surface area contributed by atoms with Crippen molar-refractivity contribution in [3.63, 3.8) is 0 Å². The van der Waals surface area contributed by atoms with Crippen LogP contribution in [0.3, 0.4) is 0 Å². The zero-order chi connectivity index (χ0) is 21.4. The van der Waals surface area contributed by atoms with Crippen LogP contribution in [0, 0.1) is 26.6 Å². The Hall–Kier alpha value is -3.74. The molecule has 4 aromatic rings. The molecule has 6 nitrogen and oxygen atoms in total. The first-order chi connectivity index (χ1) is 14.3. The molecule has 0 radical (unpaired) electrons. The highest BCUT2D eigenvalue weighted by Gasteiger charge is 2.18. The van der Waals surface area contributed by atoms with Crippen LogP contribution >= 0.6 is 0 Å². The molecule has 0 spiro atoms. The summed E-state index contributed by atoms with van der Waals surface area (Å²) in [5.41, 5.74) is 5.18. The number of hydrogen-bond donors (Lipinski definition) is 0. The van der Waals surface area contributed by atoms with Gasteiger partial charge in [0.25, 0.3) is 5.91 Å². The molecule has 7 heteroatoms. The Bertz CT molecular complexity index is 1290. The van der Waals surface area contributed by atoms with E-state index in [2.05, 4.69) is 19.9 Å². The fourth-order valence-corrected chi connectivity index (χ4v) is 3.39. The SMILES string of the molecule is Cc1cc(C(=O)N(C)c2ccc(-c3ncc4nc(C)cc(C)c4n3)cc2F)ccn1.